The molecule has 1 aliphatic heterocycles. The fourth-order valence-corrected chi connectivity index (χ4v) is 1.66. The molecule has 0 bridgehead atoms. The van der Waals surface area contributed by atoms with Crippen LogP contribution in [0.1, 0.15) is 6.92 Å². The summed E-state index contributed by atoms with van der Waals surface area (Å²) >= 11 is 0. The number of aliphatic hydroxyl groups excluding tert-OH is 3. The third kappa shape index (κ3) is 6.29. The van der Waals surface area contributed by atoms with Crippen LogP contribution in [-0.2, 0) is 13.8 Å². The zero-order chi connectivity index (χ0) is 11.8. The molecule has 1 rings (SSSR count). The maximum atomic E-state index is 10.3. The molecule has 11 heteroatoms. The molecule has 0 amide bonds. The van der Waals surface area contributed by atoms with Crippen LogP contribution >= 0.6 is 7.82 Å². The zero-order valence-electron chi connectivity index (χ0n) is 9.72. The van der Waals surface area contributed by atoms with Gasteiger partial charge in [0, 0.05) is 0 Å². The van der Waals surface area contributed by atoms with Gasteiger partial charge in [-0.2, -0.15) is 0 Å². The average molecular weight is 288 g/mol. The van der Waals surface area contributed by atoms with E-state index in [9.17, 15) is 29.7 Å². The van der Waals surface area contributed by atoms with Gasteiger partial charge in [0.1, 0.15) is 18.3 Å². The zero-order valence-corrected chi connectivity index (χ0v) is 14.6. The molecule has 0 aromatic rings. The van der Waals surface area contributed by atoms with Crippen molar-refractivity contribution < 1.29 is 98.0 Å². The molecule has 3 N–H and O–H groups in total. The minimum Gasteiger partial charge on any atom is -0.790 e. The molecule has 0 aliphatic carbocycles. The van der Waals surface area contributed by atoms with Crippen molar-refractivity contribution in [3.8, 4) is 0 Å². The van der Waals surface area contributed by atoms with Crippen molar-refractivity contribution in [1.82, 2.24) is 0 Å². The number of ether oxygens (including phenoxy) is 1. The average Bonchev–Trinajstić information content (AvgIpc) is 2.08. The van der Waals surface area contributed by atoms with E-state index in [0.29, 0.717) is 0 Å². The quantitative estimate of drug-likeness (QED) is 0.336. The Labute approximate surface area is 142 Å². The van der Waals surface area contributed by atoms with Gasteiger partial charge in [0.2, 0.25) is 0 Å². The molecule has 1 heterocycles. The van der Waals surface area contributed by atoms with E-state index in [0.717, 1.165) is 0 Å². The van der Waals surface area contributed by atoms with Gasteiger partial charge in [-0.1, -0.05) is 0 Å². The van der Waals surface area contributed by atoms with E-state index in [-0.39, 0.29) is 59.1 Å². The van der Waals surface area contributed by atoms with Crippen LogP contribution in [0.5, 0.6) is 0 Å². The Balaban J connectivity index is 0. The summed E-state index contributed by atoms with van der Waals surface area (Å²) in [6.07, 6.45) is -7.56. The third-order valence-corrected chi connectivity index (χ3v) is 2.51. The molecular weight excluding hydrogens is 277 g/mol. The molecular formula is C6H11Na2O8P. The Morgan fingerprint density at radius 2 is 1.59 bits per heavy atom. The van der Waals surface area contributed by atoms with Crippen LogP contribution in [0.25, 0.3) is 0 Å². The largest absolute Gasteiger partial charge is 1.00 e. The number of phosphoric acid groups is 1. The van der Waals surface area contributed by atoms with E-state index in [4.69, 9.17) is 4.74 Å². The number of rotatable bonds is 2. The van der Waals surface area contributed by atoms with Crippen molar-refractivity contribution in [3.63, 3.8) is 0 Å². The Kier molecular flexibility index (Phi) is 10.4. The fraction of sp³-hybridized carbons (Fsp3) is 1.00. The SMILES string of the molecule is C[C@@H]1OC(OP(=O)([O-])[O-])[C@@H](O)[C@H](O)[C@@H]1O.[Na+].[Na+]. The van der Waals surface area contributed by atoms with Crippen molar-refractivity contribution in [2.45, 2.75) is 37.6 Å². The summed E-state index contributed by atoms with van der Waals surface area (Å²) in [5, 5.41) is 27.7. The van der Waals surface area contributed by atoms with Crippen molar-refractivity contribution >= 4 is 7.82 Å². The van der Waals surface area contributed by atoms with Crippen LogP contribution in [0.15, 0.2) is 0 Å². The minimum absolute atomic E-state index is 0. The first-order valence-electron chi connectivity index (χ1n) is 4.12. The molecule has 0 spiro atoms. The van der Waals surface area contributed by atoms with Gasteiger partial charge in [-0.25, -0.2) is 0 Å². The van der Waals surface area contributed by atoms with Crippen LogP contribution in [0, 0.1) is 0 Å². The normalized spacial score (nSPS) is 37.9. The number of hydrogen-bond donors (Lipinski definition) is 3. The smallest absolute Gasteiger partial charge is 0.790 e. The monoisotopic (exact) mass is 288 g/mol. The fourth-order valence-electron chi connectivity index (χ4n) is 1.23. The van der Waals surface area contributed by atoms with Crippen LogP contribution < -0.4 is 68.9 Å². The molecule has 1 unspecified atom stereocenters. The first-order chi connectivity index (χ1) is 6.72. The molecule has 17 heavy (non-hydrogen) atoms. The van der Waals surface area contributed by atoms with Gasteiger partial charge in [0.15, 0.2) is 6.29 Å². The van der Waals surface area contributed by atoms with Gasteiger partial charge in [0.25, 0.3) is 0 Å². The van der Waals surface area contributed by atoms with Crippen molar-refractivity contribution in [1.29, 1.82) is 0 Å². The van der Waals surface area contributed by atoms with E-state index >= 15 is 0 Å². The van der Waals surface area contributed by atoms with Gasteiger partial charge >= 0.3 is 59.1 Å². The molecule has 0 saturated carbocycles. The van der Waals surface area contributed by atoms with E-state index in [1.807, 2.05) is 0 Å². The molecule has 1 fully saturated rings. The third-order valence-electron chi connectivity index (χ3n) is 2.04. The van der Waals surface area contributed by atoms with Crippen molar-refractivity contribution in [2.24, 2.45) is 0 Å². The summed E-state index contributed by atoms with van der Waals surface area (Å²) < 4.78 is 18.8. The number of aliphatic hydroxyl groups is 3. The van der Waals surface area contributed by atoms with Crippen LogP contribution in [0.3, 0.4) is 0 Å². The topological polar surface area (TPSA) is 142 Å². The summed E-state index contributed by atoms with van der Waals surface area (Å²) in [5.74, 6) is 0. The molecule has 0 radical (unpaired) electrons. The van der Waals surface area contributed by atoms with Crippen LogP contribution in [-0.4, -0.2) is 46.0 Å². The van der Waals surface area contributed by atoms with E-state index in [1.165, 1.54) is 6.92 Å². The number of hydrogen-bond acceptors (Lipinski definition) is 8. The van der Waals surface area contributed by atoms with Crippen LogP contribution in [0.2, 0.25) is 0 Å². The molecule has 0 aromatic heterocycles. The van der Waals surface area contributed by atoms with E-state index < -0.39 is 38.5 Å². The summed E-state index contributed by atoms with van der Waals surface area (Å²) in [6.45, 7) is 1.33. The first kappa shape index (κ1) is 21.3. The second-order valence-corrected chi connectivity index (χ2v) is 4.34. The van der Waals surface area contributed by atoms with Crippen molar-refractivity contribution in [3.05, 3.63) is 0 Å². The van der Waals surface area contributed by atoms with E-state index in [1.54, 1.807) is 0 Å². The Morgan fingerprint density at radius 1 is 1.12 bits per heavy atom. The maximum absolute atomic E-state index is 10.3. The Morgan fingerprint density at radius 3 is 2.00 bits per heavy atom. The summed E-state index contributed by atoms with van der Waals surface area (Å²) in [7, 11) is -5.32. The summed E-state index contributed by atoms with van der Waals surface area (Å²) in [5.41, 5.74) is 0. The van der Waals surface area contributed by atoms with Crippen LogP contribution in [0.4, 0.5) is 0 Å². The van der Waals surface area contributed by atoms with Gasteiger partial charge < -0.3 is 38.9 Å². The molecule has 5 atom stereocenters. The molecule has 8 nitrogen and oxygen atoms in total. The second kappa shape index (κ2) is 8.28. The van der Waals surface area contributed by atoms with E-state index in [2.05, 4.69) is 4.52 Å². The summed E-state index contributed by atoms with van der Waals surface area (Å²) in [4.78, 5) is 20.5. The van der Waals surface area contributed by atoms with Gasteiger partial charge in [0.05, 0.1) is 13.9 Å². The minimum atomic E-state index is -5.32. The molecule has 1 saturated heterocycles. The van der Waals surface area contributed by atoms with Gasteiger partial charge in [-0.15, -0.1) is 0 Å². The van der Waals surface area contributed by atoms with Crippen molar-refractivity contribution in [2.75, 3.05) is 0 Å². The molecule has 90 valence electrons. The standard InChI is InChI=1S/C6H13O8P.2Na/c1-2-3(7)4(8)5(9)6(13-2)14-15(10,11)12;;/h2-9H,1H3,(H2,10,11,12);;/q;2*+1/p-2/t2-,3+,4+,5-,6?;;/m0../s1. The van der Waals surface area contributed by atoms with Gasteiger partial charge in [-0.05, 0) is 6.92 Å². The summed E-state index contributed by atoms with van der Waals surface area (Å²) in [6, 6.07) is 0. The Hall–Kier alpha value is 1.95. The Bertz CT molecular complexity index is 273. The maximum Gasteiger partial charge on any atom is 1.00 e. The molecule has 0 aromatic carbocycles. The van der Waals surface area contributed by atoms with Gasteiger partial charge in [-0.3, -0.25) is 0 Å². The molecule has 1 aliphatic rings. The second-order valence-electron chi connectivity index (χ2n) is 3.23. The number of phosphoric ester groups is 1. The first-order valence-corrected chi connectivity index (χ1v) is 5.58. The predicted molar refractivity (Wildman–Crippen MR) is 41.0 cm³/mol. The predicted octanol–water partition coefficient (Wildman–Crippen LogP) is -9.33.